The number of anilines is 1. The molecule has 0 amide bonds. The Morgan fingerprint density at radius 1 is 1.19 bits per heavy atom. The molecule has 4 nitrogen and oxygen atoms in total. The van der Waals surface area contributed by atoms with E-state index in [1.165, 1.54) is 5.56 Å². The van der Waals surface area contributed by atoms with Gasteiger partial charge in [-0.05, 0) is 42.6 Å². The van der Waals surface area contributed by atoms with E-state index in [-0.39, 0.29) is 0 Å². The summed E-state index contributed by atoms with van der Waals surface area (Å²) >= 11 is 0. The third-order valence-corrected chi connectivity index (χ3v) is 3.56. The molecule has 0 bridgehead atoms. The average Bonchev–Trinajstić information content (AvgIpc) is 2.50. The number of nitrogens with one attached hydrogen (secondary N) is 1. The minimum absolute atomic E-state index is 0.304. The number of methoxy groups -OCH3 is 1. The summed E-state index contributed by atoms with van der Waals surface area (Å²) in [5.41, 5.74) is 9.11. The van der Waals surface area contributed by atoms with E-state index >= 15 is 0 Å². The maximum atomic E-state index is 6.02. The molecule has 0 aliphatic carbocycles. The molecule has 112 valence electrons. The first-order chi connectivity index (χ1) is 10.2. The number of likely N-dealkylation sites (N-methyl/N-ethyl adjacent to an activating group) is 1. The van der Waals surface area contributed by atoms with Gasteiger partial charge in [-0.1, -0.05) is 25.1 Å². The lowest BCUT2D eigenvalue weighted by Gasteiger charge is -2.20. The van der Waals surface area contributed by atoms with Crippen molar-refractivity contribution in [2.75, 3.05) is 19.4 Å². The lowest BCUT2D eigenvalue weighted by Crippen LogP contribution is -2.33. The topological polar surface area (TPSA) is 60.2 Å². The predicted molar refractivity (Wildman–Crippen MR) is 86.5 cm³/mol. The number of nitrogen functional groups attached to an aromatic ring is 1. The van der Waals surface area contributed by atoms with E-state index in [0.29, 0.717) is 6.04 Å². The molecular weight excluding hydrogens is 262 g/mol. The Labute approximate surface area is 126 Å². The van der Waals surface area contributed by atoms with Gasteiger partial charge in [-0.25, -0.2) is 0 Å². The molecule has 0 saturated heterocycles. The fourth-order valence-electron chi connectivity index (χ4n) is 2.52. The third kappa shape index (κ3) is 4.20. The van der Waals surface area contributed by atoms with E-state index in [1.54, 1.807) is 13.3 Å². The summed E-state index contributed by atoms with van der Waals surface area (Å²) < 4.78 is 5.43. The van der Waals surface area contributed by atoms with E-state index in [4.69, 9.17) is 10.5 Å². The largest absolute Gasteiger partial charge is 0.496 e. The molecule has 0 spiro atoms. The maximum Gasteiger partial charge on any atom is 0.122 e. The van der Waals surface area contributed by atoms with E-state index in [1.807, 2.05) is 30.5 Å². The first-order valence-corrected chi connectivity index (χ1v) is 7.28. The fourth-order valence-corrected chi connectivity index (χ4v) is 2.52. The number of nitrogens with two attached hydrogens (primary N) is 1. The number of pyridine rings is 1. The molecule has 1 atom stereocenters. The van der Waals surface area contributed by atoms with E-state index in [9.17, 15) is 0 Å². The smallest absolute Gasteiger partial charge is 0.122 e. The summed E-state index contributed by atoms with van der Waals surface area (Å²) in [5.74, 6) is 0.930. The van der Waals surface area contributed by atoms with Crippen LogP contribution in [-0.2, 0) is 12.8 Å². The molecule has 0 aliphatic heterocycles. The van der Waals surface area contributed by atoms with Gasteiger partial charge in [-0.15, -0.1) is 0 Å². The molecule has 0 saturated carbocycles. The van der Waals surface area contributed by atoms with E-state index < -0.39 is 0 Å². The van der Waals surface area contributed by atoms with Crippen LogP contribution >= 0.6 is 0 Å². The Morgan fingerprint density at radius 3 is 2.67 bits per heavy atom. The molecule has 2 aromatic rings. The van der Waals surface area contributed by atoms with Gasteiger partial charge >= 0.3 is 0 Å². The summed E-state index contributed by atoms with van der Waals surface area (Å²) in [4.78, 5) is 4.17. The average molecular weight is 285 g/mol. The van der Waals surface area contributed by atoms with Gasteiger partial charge < -0.3 is 15.8 Å². The van der Waals surface area contributed by atoms with Crippen molar-refractivity contribution >= 4 is 5.69 Å². The SMILES string of the molecule is CCNC(Cc1cnccc1N)Cc1ccccc1OC. The van der Waals surface area contributed by atoms with Crippen molar-refractivity contribution in [3.05, 3.63) is 53.9 Å². The summed E-state index contributed by atoms with van der Waals surface area (Å²) in [6.07, 6.45) is 5.32. The minimum Gasteiger partial charge on any atom is -0.496 e. The van der Waals surface area contributed by atoms with Crippen molar-refractivity contribution in [3.63, 3.8) is 0 Å². The molecule has 0 radical (unpaired) electrons. The van der Waals surface area contributed by atoms with Gasteiger partial charge in [0.2, 0.25) is 0 Å². The van der Waals surface area contributed by atoms with Gasteiger partial charge in [-0.3, -0.25) is 4.98 Å². The van der Waals surface area contributed by atoms with Crippen LogP contribution in [0.2, 0.25) is 0 Å². The van der Waals surface area contributed by atoms with Crippen molar-refractivity contribution in [2.24, 2.45) is 0 Å². The normalized spacial score (nSPS) is 12.1. The van der Waals surface area contributed by atoms with Gasteiger partial charge in [0.1, 0.15) is 5.75 Å². The first-order valence-electron chi connectivity index (χ1n) is 7.28. The maximum absolute atomic E-state index is 6.02. The monoisotopic (exact) mass is 285 g/mol. The Bertz CT molecular complexity index is 571. The van der Waals surface area contributed by atoms with Crippen molar-refractivity contribution in [1.29, 1.82) is 0 Å². The molecule has 0 aliphatic rings. The zero-order chi connectivity index (χ0) is 15.1. The number of nitrogens with zero attached hydrogens (tertiary/aromatic N) is 1. The highest BCUT2D eigenvalue weighted by Crippen LogP contribution is 2.21. The molecular formula is C17H23N3O. The molecule has 2 rings (SSSR count). The molecule has 1 aromatic heterocycles. The van der Waals surface area contributed by atoms with Crippen LogP contribution in [-0.4, -0.2) is 24.7 Å². The Hall–Kier alpha value is -2.07. The molecule has 1 unspecified atom stereocenters. The van der Waals surface area contributed by atoms with Crippen LogP contribution in [0.25, 0.3) is 0 Å². The van der Waals surface area contributed by atoms with Crippen LogP contribution in [0, 0.1) is 0 Å². The fraction of sp³-hybridized carbons (Fsp3) is 0.353. The highest BCUT2D eigenvalue weighted by Gasteiger charge is 2.13. The number of hydrogen-bond acceptors (Lipinski definition) is 4. The van der Waals surface area contributed by atoms with Gasteiger partial charge in [0.05, 0.1) is 7.11 Å². The first kappa shape index (κ1) is 15.3. The second-order valence-electron chi connectivity index (χ2n) is 5.05. The predicted octanol–water partition coefficient (Wildman–Crippen LogP) is 2.44. The molecule has 21 heavy (non-hydrogen) atoms. The number of rotatable bonds is 7. The van der Waals surface area contributed by atoms with Crippen molar-refractivity contribution < 1.29 is 4.74 Å². The molecule has 0 fully saturated rings. The lowest BCUT2D eigenvalue weighted by molar-refractivity contribution is 0.404. The number of aromatic nitrogens is 1. The Morgan fingerprint density at radius 2 is 1.95 bits per heavy atom. The zero-order valence-corrected chi connectivity index (χ0v) is 12.7. The van der Waals surface area contributed by atoms with Gasteiger partial charge in [0.15, 0.2) is 0 Å². The van der Waals surface area contributed by atoms with Crippen LogP contribution in [0.4, 0.5) is 5.69 Å². The lowest BCUT2D eigenvalue weighted by atomic mass is 9.98. The Kier molecular flexibility index (Phi) is 5.58. The zero-order valence-electron chi connectivity index (χ0n) is 12.7. The molecule has 4 heteroatoms. The van der Waals surface area contributed by atoms with Crippen molar-refractivity contribution in [2.45, 2.75) is 25.8 Å². The van der Waals surface area contributed by atoms with E-state index in [0.717, 1.165) is 36.4 Å². The van der Waals surface area contributed by atoms with Gasteiger partial charge in [0, 0.05) is 24.1 Å². The Balaban J connectivity index is 2.14. The molecule has 3 N–H and O–H groups in total. The third-order valence-electron chi connectivity index (χ3n) is 3.56. The summed E-state index contributed by atoms with van der Waals surface area (Å²) in [7, 11) is 1.71. The highest BCUT2D eigenvalue weighted by molar-refractivity contribution is 5.45. The van der Waals surface area contributed by atoms with Crippen LogP contribution < -0.4 is 15.8 Å². The van der Waals surface area contributed by atoms with Crippen LogP contribution in [0.15, 0.2) is 42.7 Å². The van der Waals surface area contributed by atoms with Crippen molar-refractivity contribution in [1.82, 2.24) is 10.3 Å². The van der Waals surface area contributed by atoms with Crippen LogP contribution in [0.1, 0.15) is 18.1 Å². The van der Waals surface area contributed by atoms with Crippen molar-refractivity contribution in [3.8, 4) is 5.75 Å². The quantitative estimate of drug-likeness (QED) is 0.820. The number of para-hydroxylation sites is 1. The molecule has 1 aromatic carbocycles. The summed E-state index contributed by atoms with van der Waals surface area (Å²) in [5, 5.41) is 3.52. The molecule has 1 heterocycles. The standard InChI is InChI=1S/C17H23N3O/c1-3-20-15(11-14-12-19-9-8-16(14)18)10-13-6-4-5-7-17(13)21-2/h4-9,12,15,20H,3,10-11H2,1-2H3,(H2,18,19). The summed E-state index contributed by atoms with van der Waals surface area (Å²) in [6, 6.07) is 10.3. The number of hydrogen-bond donors (Lipinski definition) is 2. The van der Waals surface area contributed by atoms with Crippen LogP contribution in [0.3, 0.4) is 0 Å². The van der Waals surface area contributed by atoms with Gasteiger partial charge in [-0.2, -0.15) is 0 Å². The minimum atomic E-state index is 0.304. The van der Waals surface area contributed by atoms with E-state index in [2.05, 4.69) is 23.3 Å². The van der Waals surface area contributed by atoms with Gasteiger partial charge in [0.25, 0.3) is 0 Å². The highest BCUT2D eigenvalue weighted by atomic mass is 16.5. The number of ether oxygens (including phenoxy) is 1. The van der Waals surface area contributed by atoms with Crippen LogP contribution in [0.5, 0.6) is 5.75 Å². The second-order valence-corrected chi connectivity index (χ2v) is 5.05. The summed E-state index contributed by atoms with van der Waals surface area (Å²) in [6.45, 7) is 3.03. The second kappa shape index (κ2) is 7.64. The number of benzene rings is 1.